The maximum atomic E-state index is 11.6. The van der Waals surface area contributed by atoms with Crippen LogP contribution in [0.2, 0.25) is 0 Å². The van der Waals surface area contributed by atoms with Gasteiger partial charge in [0.15, 0.2) is 5.13 Å². The fourth-order valence-corrected chi connectivity index (χ4v) is 2.54. The lowest BCUT2D eigenvalue weighted by atomic mass is 10.2. The first kappa shape index (κ1) is 16.0. The molecule has 0 aliphatic rings. The van der Waals surface area contributed by atoms with Crippen LogP contribution in [0.5, 0.6) is 5.75 Å². The molecule has 22 heavy (non-hydrogen) atoms. The van der Waals surface area contributed by atoms with Crippen LogP contribution in [0.1, 0.15) is 19.3 Å². The number of benzene rings is 1. The van der Waals surface area contributed by atoms with Gasteiger partial charge in [-0.15, -0.1) is 11.3 Å². The fraction of sp³-hybridized carbons (Fsp3) is 0.267. The number of aromatic nitrogens is 1. The number of carboxylic acid groups (broad SMARTS) is 1. The average Bonchev–Trinajstić information content (AvgIpc) is 2.95. The number of nitrogens with one attached hydrogen (secondary N) is 1. The van der Waals surface area contributed by atoms with E-state index in [-0.39, 0.29) is 25.2 Å². The second-order valence-corrected chi connectivity index (χ2v) is 5.40. The van der Waals surface area contributed by atoms with Crippen LogP contribution in [0.25, 0.3) is 11.3 Å². The molecule has 0 unspecified atom stereocenters. The summed E-state index contributed by atoms with van der Waals surface area (Å²) in [5.41, 5.74) is 1.69. The Morgan fingerprint density at radius 1 is 1.27 bits per heavy atom. The molecular weight excluding hydrogens is 304 g/mol. The zero-order valence-electron chi connectivity index (χ0n) is 12.0. The van der Waals surface area contributed by atoms with Crippen molar-refractivity contribution in [2.24, 2.45) is 0 Å². The highest BCUT2D eigenvalue weighted by Crippen LogP contribution is 2.26. The maximum absolute atomic E-state index is 11.6. The number of amides is 1. The Morgan fingerprint density at radius 3 is 2.64 bits per heavy atom. The summed E-state index contributed by atoms with van der Waals surface area (Å²) in [4.78, 5) is 26.3. The Kier molecular flexibility index (Phi) is 5.48. The van der Waals surface area contributed by atoms with Gasteiger partial charge in [-0.25, -0.2) is 4.98 Å². The highest BCUT2D eigenvalue weighted by molar-refractivity contribution is 7.14. The molecule has 2 aromatic rings. The van der Waals surface area contributed by atoms with E-state index in [2.05, 4.69) is 10.3 Å². The molecule has 6 nitrogen and oxygen atoms in total. The molecular formula is C15H15N2O4S-. The first-order valence-electron chi connectivity index (χ1n) is 6.68. The first-order valence-corrected chi connectivity index (χ1v) is 7.56. The first-order chi connectivity index (χ1) is 10.6. The summed E-state index contributed by atoms with van der Waals surface area (Å²) in [6.45, 7) is 0. The summed E-state index contributed by atoms with van der Waals surface area (Å²) in [5, 5.41) is 15.3. The quantitative estimate of drug-likeness (QED) is 0.838. The minimum atomic E-state index is -1.15. The minimum absolute atomic E-state index is 0.123. The number of thiazole rings is 1. The predicted molar refractivity (Wildman–Crippen MR) is 81.6 cm³/mol. The van der Waals surface area contributed by atoms with E-state index >= 15 is 0 Å². The van der Waals surface area contributed by atoms with Crippen molar-refractivity contribution in [1.82, 2.24) is 4.98 Å². The number of anilines is 1. The van der Waals surface area contributed by atoms with E-state index in [1.54, 1.807) is 7.11 Å². The maximum Gasteiger partial charge on any atom is 0.226 e. The van der Waals surface area contributed by atoms with Crippen molar-refractivity contribution in [3.8, 4) is 17.0 Å². The lowest BCUT2D eigenvalue weighted by Crippen LogP contribution is -2.22. The summed E-state index contributed by atoms with van der Waals surface area (Å²) in [7, 11) is 1.60. The number of ether oxygens (including phenoxy) is 1. The Bertz CT molecular complexity index is 652. The lowest BCUT2D eigenvalue weighted by Gasteiger charge is -2.02. The molecule has 1 aromatic carbocycles. The van der Waals surface area contributed by atoms with Gasteiger partial charge < -0.3 is 20.0 Å². The summed E-state index contributed by atoms with van der Waals surface area (Å²) < 4.78 is 5.10. The van der Waals surface area contributed by atoms with E-state index in [1.165, 1.54) is 11.3 Å². The van der Waals surface area contributed by atoms with Crippen LogP contribution in [-0.2, 0) is 9.59 Å². The monoisotopic (exact) mass is 319 g/mol. The van der Waals surface area contributed by atoms with Gasteiger partial charge in [0.25, 0.3) is 0 Å². The molecule has 0 saturated heterocycles. The number of hydrogen-bond acceptors (Lipinski definition) is 6. The molecule has 0 radical (unpaired) electrons. The van der Waals surface area contributed by atoms with E-state index in [1.807, 2.05) is 29.6 Å². The normalized spacial score (nSPS) is 10.2. The SMILES string of the molecule is COc1ccc(-c2csc(NC(=O)CCCC(=O)[O-])n2)cc1. The average molecular weight is 319 g/mol. The highest BCUT2D eigenvalue weighted by atomic mass is 32.1. The van der Waals surface area contributed by atoms with E-state index in [4.69, 9.17) is 4.74 Å². The molecule has 1 amide bonds. The van der Waals surface area contributed by atoms with Gasteiger partial charge in [0, 0.05) is 23.3 Å². The Morgan fingerprint density at radius 2 is 2.00 bits per heavy atom. The zero-order chi connectivity index (χ0) is 15.9. The van der Waals surface area contributed by atoms with E-state index in [9.17, 15) is 14.7 Å². The number of rotatable bonds is 7. The predicted octanol–water partition coefficient (Wildman–Crippen LogP) is 1.68. The van der Waals surface area contributed by atoms with Crippen LogP contribution in [-0.4, -0.2) is 24.0 Å². The van der Waals surface area contributed by atoms with Gasteiger partial charge in [-0.05, 0) is 37.1 Å². The van der Waals surface area contributed by atoms with Crippen LogP contribution in [0.15, 0.2) is 29.6 Å². The molecule has 0 aliphatic carbocycles. The summed E-state index contributed by atoms with van der Waals surface area (Å²) in [6, 6.07) is 7.46. The molecule has 0 bridgehead atoms. The number of carbonyl (C=O) groups excluding carboxylic acids is 2. The van der Waals surface area contributed by atoms with Gasteiger partial charge in [0.1, 0.15) is 5.75 Å². The van der Waals surface area contributed by atoms with Gasteiger partial charge in [0.05, 0.1) is 12.8 Å². The minimum Gasteiger partial charge on any atom is -0.550 e. The molecule has 1 heterocycles. The van der Waals surface area contributed by atoms with Crippen LogP contribution in [0.4, 0.5) is 5.13 Å². The van der Waals surface area contributed by atoms with Crippen LogP contribution in [0, 0.1) is 0 Å². The van der Waals surface area contributed by atoms with E-state index < -0.39 is 5.97 Å². The fourth-order valence-electron chi connectivity index (χ4n) is 1.80. The Balaban J connectivity index is 1.93. The second kappa shape index (κ2) is 7.56. The number of carbonyl (C=O) groups is 2. The molecule has 116 valence electrons. The molecule has 0 saturated carbocycles. The molecule has 2 rings (SSSR count). The van der Waals surface area contributed by atoms with Crippen molar-refractivity contribution in [2.75, 3.05) is 12.4 Å². The third-order valence-corrected chi connectivity index (χ3v) is 3.68. The van der Waals surface area contributed by atoms with E-state index in [0.29, 0.717) is 5.13 Å². The topological polar surface area (TPSA) is 91.3 Å². The molecule has 1 N–H and O–H groups in total. The smallest absolute Gasteiger partial charge is 0.226 e. The van der Waals surface area contributed by atoms with Crippen molar-refractivity contribution in [1.29, 1.82) is 0 Å². The Hall–Kier alpha value is -2.41. The van der Waals surface area contributed by atoms with Crippen LogP contribution < -0.4 is 15.2 Å². The number of aliphatic carboxylic acids is 1. The third-order valence-electron chi connectivity index (χ3n) is 2.92. The summed E-state index contributed by atoms with van der Waals surface area (Å²) in [6.07, 6.45) is 0.263. The largest absolute Gasteiger partial charge is 0.550 e. The van der Waals surface area contributed by atoms with Gasteiger partial charge in [-0.3, -0.25) is 4.79 Å². The van der Waals surface area contributed by atoms with Gasteiger partial charge in [0.2, 0.25) is 5.91 Å². The number of nitrogens with zero attached hydrogens (tertiary/aromatic N) is 1. The van der Waals surface area contributed by atoms with Gasteiger partial charge in [-0.1, -0.05) is 0 Å². The third kappa shape index (κ3) is 4.56. The number of hydrogen-bond donors (Lipinski definition) is 1. The summed E-state index contributed by atoms with van der Waals surface area (Å²) >= 11 is 1.32. The molecule has 7 heteroatoms. The van der Waals surface area contributed by atoms with Gasteiger partial charge in [-0.2, -0.15) is 0 Å². The molecule has 0 aliphatic heterocycles. The number of methoxy groups -OCH3 is 1. The van der Waals surface area contributed by atoms with Crippen LogP contribution in [0.3, 0.4) is 0 Å². The van der Waals surface area contributed by atoms with Gasteiger partial charge >= 0.3 is 0 Å². The number of carboxylic acids is 1. The lowest BCUT2D eigenvalue weighted by molar-refractivity contribution is -0.305. The molecule has 0 fully saturated rings. The molecule has 0 spiro atoms. The highest BCUT2D eigenvalue weighted by Gasteiger charge is 2.08. The summed E-state index contributed by atoms with van der Waals surface area (Å²) in [5.74, 6) is -0.638. The van der Waals surface area contributed by atoms with Crippen molar-refractivity contribution >= 4 is 28.3 Å². The molecule has 0 atom stereocenters. The van der Waals surface area contributed by atoms with Crippen molar-refractivity contribution in [3.05, 3.63) is 29.6 Å². The molecule has 1 aromatic heterocycles. The Labute approximate surface area is 131 Å². The van der Waals surface area contributed by atoms with Crippen LogP contribution >= 0.6 is 11.3 Å². The van der Waals surface area contributed by atoms with Crippen molar-refractivity contribution in [3.63, 3.8) is 0 Å². The van der Waals surface area contributed by atoms with E-state index in [0.717, 1.165) is 17.0 Å². The standard InChI is InChI=1S/C15H16N2O4S/c1-21-11-7-5-10(6-8-11)12-9-22-15(16-12)17-13(18)3-2-4-14(19)20/h5-9H,2-4H2,1H3,(H,19,20)(H,16,17,18)/p-1. The zero-order valence-corrected chi connectivity index (χ0v) is 12.8. The van der Waals surface area contributed by atoms with Crippen molar-refractivity contribution < 1.29 is 19.4 Å². The second-order valence-electron chi connectivity index (χ2n) is 4.54. The van der Waals surface area contributed by atoms with Crippen molar-refractivity contribution in [2.45, 2.75) is 19.3 Å².